The van der Waals surface area contributed by atoms with Crippen molar-refractivity contribution >= 4 is 0 Å². The summed E-state index contributed by atoms with van der Waals surface area (Å²) in [4.78, 5) is 0. The van der Waals surface area contributed by atoms with Crippen molar-refractivity contribution in [3.05, 3.63) is 23.8 Å². The number of aliphatic hydroxyl groups excluding tert-OH is 3. The highest BCUT2D eigenvalue weighted by Crippen LogP contribution is 2.59. The maximum atomic E-state index is 11.0. The van der Waals surface area contributed by atoms with Crippen LogP contribution in [0.1, 0.15) is 26.7 Å². The Morgan fingerprint density at radius 1 is 1.20 bits per heavy atom. The molecule has 0 aromatic carbocycles. The lowest BCUT2D eigenvalue weighted by molar-refractivity contribution is -0.266. The SMILES string of the molecule is CC1(O)C=CC=C(CO)C2CC(C)(CO)C2(O)C(O)C1. The molecule has 2 aliphatic carbocycles. The van der Waals surface area contributed by atoms with E-state index in [9.17, 15) is 25.5 Å². The fraction of sp³-hybridized carbons (Fsp3) is 0.733. The summed E-state index contributed by atoms with van der Waals surface area (Å²) in [5.74, 6) is -0.418. The smallest absolute Gasteiger partial charge is 0.105 e. The van der Waals surface area contributed by atoms with Gasteiger partial charge in [0.1, 0.15) is 5.60 Å². The minimum absolute atomic E-state index is 0.0291. The van der Waals surface area contributed by atoms with Crippen molar-refractivity contribution in [1.82, 2.24) is 0 Å². The van der Waals surface area contributed by atoms with E-state index >= 15 is 0 Å². The van der Waals surface area contributed by atoms with Crippen LogP contribution in [0.25, 0.3) is 0 Å². The Balaban J connectivity index is 2.46. The third-order valence-corrected chi connectivity index (χ3v) is 5.01. The summed E-state index contributed by atoms with van der Waals surface area (Å²) in [5.41, 5.74) is -3.04. The van der Waals surface area contributed by atoms with E-state index in [1.54, 1.807) is 26.0 Å². The maximum Gasteiger partial charge on any atom is 0.105 e. The predicted octanol–water partition coefficient (Wildman–Crippen LogP) is -0.274. The van der Waals surface area contributed by atoms with Gasteiger partial charge in [-0.2, -0.15) is 0 Å². The van der Waals surface area contributed by atoms with Crippen molar-refractivity contribution in [2.24, 2.45) is 11.3 Å². The second kappa shape index (κ2) is 4.93. The lowest BCUT2D eigenvalue weighted by atomic mass is 9.47. The summed E-state index contributed by atoms with van der Waals surface area (Å²) in [6.45, 7) is 2.78. The van der Waals surface area contributed by atoms with Crippen molar-refractivity contribution in [3.8, 4) is 0 Å². The Morgan fingerprint density at radius 3 is 2.40 bits per heavy atom. The molecule has 20 heavy (non-hydrogen) atoms. The predicted molar refractivity (Wildman–Crippen MR) is 73.8 cm³/mol. The van der Waals surface area contributed by atoms with Gasteiger partial charge in [-0.1, -0.05) is 25.2 Å². The summed E-state index contributed by atoms with van der Waals surface area (Å²) in [6, 6.07) is 0. The monoisotopic (exact) mass is 284 g/mol. The summed E-state index contributed by atoms with van der Waals surface area (Å²) in [7, 11) is 0. The quantitative estimate of drug-likeness (QED) is 0.480. The Hall–Kier alpha value is -0.720. The van der Waals surface area contributed by atoms with Crippen LogP contribution in [-0.2, 0) is 0 Å². The molecule has 0 radical (unpaired) electrons. The average molecular weight is 284 g/mol. The molecule has 0 bridgehead atoms. The molecule has 0 amide bonds. The molecule has 0 aromatic heterocycles. The van der Waals surface area contributed by atoms with Crippen LogP contribution in [0.4, 0.5) is 0 Å². The van der Waals surface area contributed by atoms with Crippen LogP contribution in [0.3, 0.4) is 0 Å². The molecule has 0 saturated heterocycles. The zero-order valence-corrected chi connectivity index (χ0v) is 12.0. The van der Waals surface area contributed by atoms with Crippen LogP contribution in [0.15, 0.2) is 23.8 Å². The molecular formula is C15H24O5. The maximum absolute atomic E-state index is 11.0. The first kappa shape index (κ1) is 15.7. The van der Waals surface area contributed by atoms with Gasteiger partial charge < -0.3 is 25.5 Å². The summed E-state index contributed by atoms with van der Waals surface area (Å²) in [5, 5.41) is 50.7. The van der Waals surface area contributed by atoms with Gasteiger partial charge in [0.25, 0.3) is 0 Å². The Morgan fingerprint density at radius 2 is 1.85 bits per heavy atom. The largest absolute Gasteiger partial charge is 0.396 e. The van der Waals surface area contributed by atoms with Gasteiger partial charge in [-0.15, -0.1) is 0 Å². The van der Waals surface area contributed by atoms with Crippen molar-refractivity contribution in [1.29, 1.82) is 0 Å². The molecule has 0 heterocycles. The Bertz CT molecular complexity index is 442. The average Bonchev–Trinajstić information content (AvgIpc) is 2.41. The minimum atomic E-state index is -1.55. The van der Waals surface area contributed by atoms with Crippen LogP contribution in [0.2, 0.25) is 0 Å². The van der Waals surface area contributed by atoms with Crippen molar-refractivity contribution in [3.63, 3.8) is 0 Å². The lowest BCUT2D eigenvalue weighted by Crippen LogP contribution is -2.71. The third kappa shape index (κ3) is 2.14. The van der Waals surface area contributed by atoms with E-state index in [0.29, 0.717) is 12.0 Å². The molecular weight excluding hydrogens is 260 g/mol. The fourth-order valence-electron chi connectivity index (χ4n) is 3.57. The number of rotatable bonds is 2. The van der Waals surface area contributed by atoms with Gasteiger partial charge in [-0.05, 0) is 18.9 Å². The first-order valence-electron chi connectivity index (χ1n) is 6.93. The van der Waals surface area contributed by atoms with E-state index in [1.807, 2.05) is 0 Å². The van der Waals surface area contributed by atoms with Gasteiger partial charge in [0, 0.05) is 17.8 Å². The van der Waals surface area contributed by atoms with Gasteiger partial charge in [0.15, 0.2) is 0 Å². The van der Waals surface area contributed by atoms with E-state index in [-0.39, 0.29) is 19.6 Å². The Kier molecular flexibility index (Phi) is 3.86. The summed E-state index contributed by atoms with van der Waals surface area (Å²) < 4.78 is 0. The summed E-state index contributed by atoms with van der Waals surface area (Å²) >= 11 is 0. The van der Waals surface area contributed by atoms with E-state index in [2.05, 4.69) is 0 Å². The second-order valence-electron chi connectivity index (χ2n) is 6.64. The standard InChI is InChI=1S/C15H24O5/c1-13(9-17)6-11-10(8-16)4-3-5-14(2,19)7-12(18)15(11,13)20/h3-5,11-12,16-20H,6-9H2,1-2H3. The van der Waals surface area contributed by atoms with E-state index in [4.69, 9.17) is 0 Å². The van der Waals surface area contributed by atoms with Gasteiger partial charge in [0.2, 0.25) is 0 Å². The van der Waals surface area contributed by atoms with Gasteiger partial charge in [0.05, 0.1) is 24.9 Å². The summed E-state index contributed by atoms with van der Waals surface area (Å²) in [6.07, 6.45) is 4.11. The molecule has 0 aliphatic heterocycles. The number of allylic oxidation sites excluding steroid dienone is 2. The third-order valence-electron chi connectivity index (χ3n) is 5.01. The molecule has 5 atom stereocenters. The molecule has 5 N–H and O–H groups in total. The molecule has 5 heteroatoms. The van der Waals surface area contributed by atoms with Gasteiger partial charge in [-0.3, -0.25) is 0 Å². The topological polar surface area (TPSA) is 101 Å². The molecule has 114 valence electrons. The molecule has 2 aliphatic rings. The molecule has 5 nitrogen and oxygen atoms in total. The number of fused-ring (bicyclic) bond motifs is 1. The number of aliphatic hydroxyl groups is 5. The minimum Gasteiger partial charge on any atom is -0.396 e. The van der Waals surface area contributed by atoms with Crippen molar-refractivity contribution in [2.45, 2.75) is 44.0 Å². The first-order valence-corrected chi connectivity index (χ1v) is 6.93. The van der Waals surface area contributed by atoms with E-state index in [0.717, 1.165) is 0 Å². The first-order chi connectivity index (χ1) is 9.20. The van der Waals surface area contributed by atoms with Gasteiger partial charge in [-0.25, -0.2) is 0 Å². The highest BCUT2D eigenvalue weighted by Gasteiger charge is 2.66. The molecule has 1 saturated carbocycles. The fourth-order valence-corrected chi connectivity index (χ4v) is 3.57. The molecule has 5 unspecified atom stereocenters. The van der Waals surface area contributed by atoms with Crippen molar-refractivity contribution < 1.29 is 25.5 Å². The highest BCUT2D eigenvalue weighted by atomic mass is 16.4. The van der Waals surface area contributed by atoms with Crippen LogP contribution in [0, 0.1) is 11.3 Å². The van der Waals surface area contributed by atoms with Crippen LogP contribution in [0.5, 0.6) is 0 Å². The number of hydrogen-bond donors (Lipinski definition) is 5. The highest BCUT2D eigenvalue weighted by molar-refractivity contribution is 5.31. The lowest BCUT2D eigenvalue weighted by Gasteiger charge is -2.62. The Labute approximate surface area is 118 Å². The van der Waals surface area contributed by atoms with Crippen LogP contribution < -0.4 is 0 Å². The molecule has 0 spiro atoms. The molecule has 2 rings (SSSR count). The van der Waals surface area contributed by atoms with E-state index in [1.165, 1.54) is 6.08 Å². The zero-order valence-electron chi connectivity index (χ0n) is 12.0. The normalized spacial score (nSPS) is 48.5. The molecule has 1 fully saturated rings. The second-order valence-corrected chi connectivity index (χ2v) is 6.64. The molecule has 0 aromatic rings. The van der Waals surface area contributed by atoms with Crippen LogP contribution in [-0.4, -0.2) is 56.1 Å². The van der Waals surface area contributed by atoms with Gasteiger partial charge >= 0.3 is 0 Å². The van der Waals surface area contributed by atoms with E-state index < -0.39 is 28.6 Å². The number of hydrogen-bond acceptors (Lipinski definition) is 5. The van der Waals surface area contributed by atoms with Crippen molar-refractivity contribution in [2.75, 3.05) is 13.2 Å². The van der Waals surface area contributed by atoms with Crippen LogP contribution >= 0.6 is 0 Å². The zero-order chi connectivity index (χ0) is 15.2.